The number of halogens is 1. The molecule has 3 rings (SSSR count). The van der Waals surface area contributed by atoms with Crippen LogP contribution in [0.5, 0.6) is 5.75 Å². The van der Waals surface area contributed by atoms with Gasteiger partial charge in [-0.1, -0.05) is 12.1 Å². The molecule has 0 aliphatic carbocycles. The van der Waals surface area contributed by atoms with Crippen molar-refractivity contribution in [3.63, 3.8) is 0 Å². The number of phenols is 1. The highest BCUT2D eigenvalue weighted by atomic mass is 19.1. The van der Waals surface area contributed by atoms with Gasteiger partial charge in [0.05, 0.1) is 16.6 Å². The lowest BCUT2D eigenvalue weighted by atomic mass is 10.2. The van der Waals surface area contributed by atoms with Crippen molar-refractivity contribution in [2.45, 2.75) is 0 Å². The van der Waals surface area contributed by atoms with E-state index >= 15 is 0 Å². The number of hydrogen-bond donors (Lipinski definition) is 2. The van der Waals surface area contributed by atoms with Crippen molar-refractivity contribution in [1.82, 2.24) is 9.97 Å². The lowest BCUT2D eigenvalue weighted by Crippen LogP contribution is -1.83. The van der Waals surface area contributed by atoms with Crippen LogP contribution in [0.25, 0.3) is 22.4 Å². The second-order valence-corrected chi connectivity index (χ2v) is 3.76. The van der Waals surface area contributed by atoms with Gasteiger partial charge in [0.1, 0.15) is 17.4 Å². The van der Waals surface area contributed by atoms with Gasteiger partial charge in [-0.2, -0.15) is 0 Å². The summed E-state index contributed by atoms with van der Waals surface area (Å²) in [5, 5.41) is 9.67. The fourth-order valence-electron chi connectivity index (χ4n) is 1.79. The number of nitrogens with zero attached hydrogens (tertiary/aromatic N) is 1. The molecule has 1 heterocycles. The molecule has 3 nitrogen and oxygen atoms in total. The van der Waals surface area contributed by atoms with Crippen molar-refractivity contribution in [3.05, 3.63) is 48.3 Å². The van der Waals surface area contributed by atoms with Crippen LogP contribution in [0.15, 0.2) is 42.5 Å². The molecular weight excluding hydrogens is 219 g/mol. The van der Waals surface area contributed by atoms with Crippen LogP contribution in [-0.2, 0) is 0 Å². The van der Waals surface area contributed by atoms with E-state index < -0.39 is 5.82 Å². The van der Waals surface area contributed by atoms with E-state index in [1.165, 1.54) is 12.1 Å². The third-order valence-corrected chi connectivity index (χ3v) is 2.60. The van der Waals surface area contributed by atoms with Gasteiger partial charge in [-0.05, 0) is 24.3 Å². The maximum atomic E-state index is 12.9. The Hall–Kier alpha value is -2.36. The molecule has 0 unspecified atom stereocenters. The van der Waals surface area contributed by atoms with Crippen molar-refractivity contribution < 1.29 is 9.50 Å². The van der Waals surface area contributed by atoms with Crippen LogP contribution in [0.2, 0.25) is 0 Å². The van der Waals surface area contributed by atoms with Gasteiger partial charge >= 0.3 is 0 Å². The number of hydrogen-bond acceptors (Lipinski definition) is 2. The number of imidazole rings is 1. The number of aromatic nitrogens is 2. The number of benzene rings is 2. The largest absolute Gasteiger partial charge is 0.507 e. The minimum Gasteiger partial charge on any atom is -0.507 e. The molecule has 0 aliphatic rings. The summed E-state index contributed by atoms with van der Waals surface area (Å²) in [5.74, 6) is -0.0601. The summed E-state index contributed by atoms with van der Waals surface area (Å²) in [7, 11) is 0. The van der Waals surface area contributed by atoms with Crippen molar-refractivity contribution in [2.24, 2.45) is 0 Å². The van der Waals surface area contributed by atoms with Crippen molar-refractivity contribution in [2.75, 3.05) is 0 Å². The first-order chi connectivity index (χ1) is 8.24. The molecule has 17 heavy (non-hydrogen) atoms. The summed E-state index contributed by atoms with van der Waals surface area (Å²) in [6.07, 6.45) is 0. The predicted octanol–water partition coefficient (Wildman–Crippen LogP) is 3.07. The van der Waals surface area contributed by atoms with Gasteiger partial charge in [0.25, 0.3) is 0 Å². The molecule has 0 fully saturated rings. The Morgan fingerprint density at radius 1 is 1.12 bits per heavy atom. The molecule has 2 aromatic carbocycles. The highest BCUT2D eigenvalue weighted by Gasteiger charge is 2.09. The van der Waals surface area contributed by atoms with Gasteiger partial charge in [0.15, 0.2) is 0 Å². The van der Waals surface area contributed by atoms with E-state index in [1.807, 2.05) is 24.3 Å². The first-order valence-corrected chi connectivity index (χ1v) is 5.18. The molecule has 1 aromatic heterocycles. The van der Waals surface area contributed by atoms with E-state index in [-0.39, 0.29) is 5.75 Å². The zero-order chi connectivity index (χ0) is 11.8. The first kappa shape index (κ1) is 9.84. The summed E-state index contributed by atoms with van der Waals surface area (Å²) in [6.45, 7) is 0. The van der Waals surface area contributed by atoms with Crippen LogP contribution in [-0.4, -0.2) is 15.1 Å². The highest BCUT2D eigenvalue weighted by molar-refractivity contribution is 5.80. The summed E-state index contributed by atoms with van der Waals surface area (Å²) in [4.78, 5) is 7.41. The molecule has 0 atom stereocenters. The SMILES string of the molecule is Oc1cc(F)ccc1-c1nc2ccccc2[nH]1. The second kappa shape index (κ2) is 3.59. The fraction of sp³-hybridized carbons (Fsp3) is 0. The average Bonchev–Trinajstić information content (AvgIpc) is 2.72. The molecule has 0 radical (unpaired) electrons. The van der Waals surface area contributed by atoms with Crippen LogP contribution in [0.3, 0.4) is 0 Å². The van der Waals surface area contributed by atoms with E-state index in [0.717, 1.165) is 17.1 Å². The van der Waals surface area contributed by atoms with Gasteiger partial charge in [0, 0.05) is 6.07 Å². The van der Waals surface area contributed by atoms with Crippen LogP contribution in [0.1, 0.15) is 0 Å². The number of H-pyrrole nitrogens is 1. The number of nitrogens with one attached hydrogen (secondary N) is 1. The number of rotatable bonds is 1. The topological polar surface area (TPSA) is 48.9 Å². The van der Waals surface area contributed by atoms with Crippen LogP contribution >= 0.6 is 0 Å². The number of aromatic amines is 1. The quantitative estimate of drug-likeness (QED) is 0.672. The average molecular weight is 228 g/mol. The summed E-state index contributed by atoms with van der Waals surface area (Å²) < 4.78 is 12.9. The number of para-hydroxylation sites is 2. The zero-order valence-corrected chi connectivity index (χ0v) is 8.81. The van der Waals surface area contributed by atoms with Crippen LogP contribution in [0.4, 0.5) is 4.39 Å². The van der Waals surface area contributed by atoms with E-state index in [1.54, 1.807) is 0 Å². The normalized spacial score (nSPS) is 10.9. The molecule has 0 saturated carbocycles. The zero-order valence-electron chi connectivity index (χ0n) is 8.81. The molecular formula is C13H9FN2O. The maximum Gasteiger partial charge on any atom is 0.142 e. The van der Waals surface area contributed by atoms with E-state index in [4.69, 9.17) is 0 Å². The Morgan fingerprint density at radius 2 is 1.94 bits per heavy atom. The lowest BCUT2D eigenvalue weighted by molar-refractivity contribution is 0.471. The Morgan fingerprint density at radius 3 is 2.71 bits per heavy atom. The molecule has 0 amide bonds. The van der Waals surface area contributed by atoms with Crippen LogP contribution < -0.4 is 0 Å². The summed E-state index contributed by atoms with van der Waals surface area (Å²) in [6, 6.07) is 11.4. The Labute approximate surface area is 96.6 Å². The summed E-state index contributed by atoms with van der Waals surface area (Å²) >= 11 is 0. The predicted molar refractivity (Wildman–Crippen MR) is 63.2 cm³/mol. The van der Waals surface area contributed by atoms with Gasteiger partial charge < -0.3 is 10.1 Å². The molecule has 4 heteroatoms. The van der Waals surface area contributed by atoms with E-state index in [2.05, 4.69) is 9.97 Å². The van der Waals surface area contributed by atoms with Gasteiger partial charge in [-0.3, -0.25) is 0 Å². The molecule has 0 bridgehead atoms. The highest BCUT2D eigenvalue weighted by Crippen LogP contribution is 2.28. The minimum atomic E-state index is -0.470. The van der Waals surface area contributed by atoms with Crippen LogP contribution in [0, 0.1) is 5.82 Å². The maximum absolute atomic E-state index is 12.9. The second-order valence-electron chi connectivity index (χ2n) is 3.76. The Kier molecular flexibility index (Phi) is 2.08. The van der Waals surface area contributed by atoms with E-state index in [0.29, 0.717) is 11.4 Å². The minimum absolute atomic E-state index is 0.121. The number of phenolic OH excluding ortho intramolecular Hbond substituents is 1. The Balaban J connectivity index is 2.20. The third kappa shape index (κ3) is 1.63. The van der Waals surface area contributed by atoms with Crippen molar-refractivity contribution >= 4 is 11.0 Å². The van der Waals surface area contributed by atoms with Gasteiger partial charge in [0.2, 0.25) is 0 Å². The van der Waals surface area contributed by atoms with Gasteiger partial charge in [-0.25, -0.2) is 9.37 Å². The molecule has 0 aliphatic heterocycles. The first-order valence-electron chi connectivity index (χ1n) is 5.18. The molecule has 84 valence electrons. The number of aromatic hydroxyl groups is 1. The molecule has 3 aromatic rings. The van der Waals surface area contributed by atoms with Gasteiger partial charge in [-0.15, -0.1) is 0 Å². The van der Waals surface area contributed by atoms with E-state index in [9.17, 15) is 9.50 Å². The van der Waals surface area contributed by atoms with Crippen molar-refractivity contribution in [3.8, 4) is 17.1 Å². The Bertz CT molecular complexity index is 658. The summed E-state index contributed by atoms with van der Waals surface area (Å²) in [5.41, 5.74) is 2.18. The molecule has 2 N–H and O–H groups in total. The smallest absolute Gasteiger partial charge is 0.142 e. The third-order valence-electron chi connectivity index (χ3n) is 2.60. The standard InChI is InChI=1S/C13H9FN2O/c14-8-5-6-9(12(17)7-8)13-15-10-3-1-2-4-11(10)16-13/h1-7,17H,(H,15,16). The molecule has 0 saturated heterocycles. The van der Waals surface area contributed by atoms with Crippen molar-refractivity contribution in [1.29, 1.82) is 0 Å². The molecule has 0 spiro atoms. The monoisotopic (exact) mass is 228 g/mol. The lowest BCUT2D eigenvalue weighted by Gasteiger charge is -2.00. The number of fused-ring (bicyclic) bond motifs is 1. The fourth-order valence-corrected chi connectivity index (χ4v) is 1.79.